The second kappa shape index (κ2) is 6.63. The van der Waals surface area contributed by atoms with Gasteiger partial charge in [0.25, 0.3) is 0 Å². The van der Waals surface area contributed by atoms with E-state index >= 15 is 0 Å². The minimum Gasteiger partial charge on any atom is -0.325 e. The second-order valence-corrected chi connectivity index (χ2v) is 6.46. The molecule has 0 bridgehead atoms. The average Bonchev–Trinajstić information content (AvgIpc) is 2.82. The van der Waals surface area contributed by atoms with Crippen LogP contribution in [0.3, 0.4) is 0 Å². The van der Waals surface area contributed by atoms with Crippen molar-refractivity contribution in [3.8, 4) is 0 Å². The molecule has 0 fully saturated rings. The van der Waals surface area contributed by atoms with Crippen LogP contribution in [0.4, 0.5) is 5.69 Å². The van der Waals surface area contributed by atoms with Gasteiger partial charge in [0.1, 0.15) is 5.01 Å². The molecule has 19 heavy (non-hydrogen) atoms. The lowest BCUT2D eigenvalue weighted by atomic mass is 10.3. The average molecular weight is 294 g/mol. The van der Waals surface area contributed by atoms with Crippen LogP contribution in [0.5, 0.6) is 0 Å². The van der Waals surface area contributed by atoms with Crippen LogP contribution < -0.4 is 5.32 Å². The Labute approximate surface area is 119 Å². The first-order valence-corrected chi connectivity index (χ1v) is 7.56. The summed E-state index contributed by atoms with van der Waals surface area (Å²) in [4.78, 5) is 16.1. The van der Waals surface area contributed by atoms with Crippen molar-refractivity contribution in [2.24, 2.45) is 0 Å². The van der Waals surface area contributed by atoms with Gasteiger partial charge in [-0.15, -0.1) is 10.2 Å². The molecule has 2 rings (SSSR count). The molecular weight excluding hydrogens is 280 g/mol. The summed E-state index contributed by atoms with van der Waals surface area (Å²) in [6, 6.07) is 3.54. The Kier molecular flexibility index (Phi) is 4.86. The minimum atomic E-state index is -0.166. The molecule has 1 unspecified atom stereocenters. The van der Waals surface area contributed by atoms with E-state index in [1.54, 1.807) is 24.5 Å². The third-order valence-corrected chi connectivity index (χ3v) is 4.65. The zero-order valence-corrected chi connectivity index (χ0v) is 12.3. The van der Waals surface area contributed by atoms with Crippen LogP contribution in [0.25, 0.3) is 0 Å². The highest BCUT2D eigenvalue weighted by Gasteiger charge is 2.19. The third kappa shape index (κ3) is 4.00. The van der Waals surface area contributed by atoms with Gasteiger partial charge < -0.3 is 5.32 Å². The summed E-state index contributed by atoms with van der Waals surface area (Å²) in [6.45, 7) is 3.89. The maximum atomic E-state index is 12.2. The van der Waals surface area contributed by atoms with Crippen LogP contribution in [-0.4, -0.2) is 26.3 Å². The molecule has 0 aliphatic carbocycles. The van der Waals surface area contributed by atoms with Crippen LogP contribution in [0, 0.1) is 6.92 Å². The predicted molar refractivity (Wildman–Crippen MR) is 77.4 cm³/mol. The van der Waals surface area contributed by atoms with Gasteiger partial charge in [0.2, 0.25) is 5.91 Å². The number of thioether (sulfide) groups is 1. The first-order valence-electron chi connectivity index (χ1n) is 5.86. The van der Waals surface area contributed by atoms with E-state index in [0.29, 0.717) is 0 Å². The minimum absolute atomic E-state index is 0.0217. The Morgan fingerprint density at radius 3 is 2.74 bits per heavy atom. The smallest absolute Gasteiger partial charge is 0.237 e. The molecular formula is C12H14N4OS2. The van der Waals surface area contributed by atoms with Crippen LogP contribution in [0.2, 0.25) is 0 Å². The molecule has 1 amide bonds. The molecule has 2 aromatic rings. The molecule has 2 aromatic heterocycles. The summed E-state index contributed by atoms with van der Waals surface area (Å²) >= 11 is 2.96. The lowest BCUT2D eigenvalue weighted by molar-refractivity contribution is -0.115. The fourth-order valence-electron chi connectivity index (χ4n) is 1.43. The van der Waals surface area contributed by atoms with Crippen LogP contribution in [0.15, 0.2) is 28.9 Å². The van der Waals surface area contributed by atoms with E-state index in [4.69, 9.17) is 0 Å². The molecule has 0 radical (unpaired) electrons. The highest BCUT2D eigenvalue weighted by atomic mass is 32.2. The summed E-state index contributed by atoms with van der Waals surface area (Å²) in [6.07, 6.45) is 4.04. The standard InChI is InChI=1S/C12H14N4OS2/c1-3-10(19-12-16-15-8(2)18-12)11(17)14-9-4-6-13-7-5-9/h4-7,10H,3H2,1-2H3,(H,13,14,17). The zero-order valence-electron chi connectivity index (χ0n) is 10.7. The molecule has 0 aliphatic rings. The zero-order chi connectivity index (χ0) is 13.7. The molecule has 1 atom stereocenters. The molecule has 1 N–H and O–H groups in total. The number of rotatable bonds is 5. The summed E-state index contributed by atoms with van der Waals surface area (Å²) in [7, 11) is 0. The van der Waals surface area contributed by atoms with Crippen molar-refractivity contribution in [2.75, 3.05) is 5.32 Å². The maximum Gasteiger partial charge on any atom is 0.237 e. The molecule has 5 nitrogen and oxygen atoms in total. The number of hydrogen-bond acceptors (Lipinski definition) is 6. The van der Waals surface area contributed by atoms with Gasteiger partial charge in [0.15, 0.2) is 4.34 Å². The van der Waals surface area contributed by atoms with Crippen molar-refractivity contribution >= 4 is 34.7 Å². The second-order valence-electron chi connectivity index (χ2n) is 3.83. The summed E-state index contributed by atoms with van der Waals surface area (Å²) in [5.41, 5.74) is 0.757. The molecule has 0 saturated carbocycles. The van der Waals surface area contributed by atoms with Crippen molar-refractivity contribution in [1.29, 1.82) is 0 Å². The van der Waals surface area contributed by atoms with Gasteiger partial charge in [-0.25, -0.2) is 0 Å². The maximum absolute atomic E-state index is 12.2. The van der Waals surface area contributed by atoms with E-state index in [2.05, 4.69) is 20.5 Å². The van der Waals surface area contributed by atoms with E-state index in [9.17, 15) is 4.79 Å². The summed E-state index contributed by atoms with van der Waals surface area (Å²) in [5, 5.41) is 11.6. The van der Waals surface area contributed by atoms with Crippen LogP contribution in [0.1, 0.15) is 18.4 Å². The monoisotopic (exact) mass is 294 g/mol. The quantitative estimate of drug-likeness (QED) is 0.859. The molecule has 100 valence electrons. The highest BCUT2D eigenvalue weighted by molar-refractivity contribution is 8.02. The third-order valence-electron chi connectivity index (χ3n) is 2.36. The van der Waals surface area contributed by atoms with E-state index in [-0.39, 0.29) is 11.2 Å². The Bertz CT molecular complexity index is 544. The van der Waals surface area contributed by atoms with Crippen molar-refractivity contribution in [1.82, 2.24) is 15.2 Å². The van der Waals surface area contributed by atoms with Crippen LogP contribution in [-0.2, 0) is 4.79 Å². The Hall–Kier alpha value is -1.47. The molecule has 7 heteroatoms. The number of carbonyl (C=O) groups excluding carboxylic acids is 1. The number of aryl methyl sites for hydroxylation is 1. The largest absolute Gasteiger partial charge is 0.325 e. The van der Waals surface area contributed by atoms with Crippen molar-refractivity contribution in [3.05, 3.63) is 29.5 Å². The first kappa shape index (κ1) is 14.0. The number of amides is 1. The lowest BCUT2D eigenvalue weighted by Gasteiger charge is -2.12. The number of anilines is 1. The molecule has 0 spiro atoms. The number of carbonyl (C=O) groups is 1. The lowest BCUT2D eigenvalue weighted by Crippen LogP contribution is -2.24. The van der Waals surface area contributed by atoms with Gasteiger partial charge in [-0.05, 0) is 25.5 Å². The Balaban J connectivity index is 1.99. The number of hydrogen-bond donors (Lipinski definition) is 1. The SMILES string of the molecule is CCC(Sc1nnc(C)s1)C(=O)Nc1ccncc1. The molecule has 0 aromatic carbocycles. The van der Waals surface area contributed by atoms with Crippen molar-refractivity contribution < 1.29 is 4.79 Å². The van der Waals surface area contributed by atoms with E-state index in [1.807, 2.05) is 13.8 Å². The van der Waals surface area contributed by atoms with Gasteiger partial charge in [-0.1, -0.05) is 30.0 Å². The number of nitrogens with zero attached hydrogens (tertiary/aromatic N) is 3. The molecule has 0 saturated heterocycles. The number of aromatic nitrogens is 3. The first-order chi connectivity index (χ1) is 9.19. The topological polar surface area (TPSA) is 67.8 Å². The van der Waals surface area contributed by atoms with Gasteiger partial charge >= 0.3 is 0 Å². The van der Waals surface area contributed by atoms with E-state index in [0.717, 1.165) is 21.5 Å². The van der Waals surface area contributed by atoms with E-state index < -0.39 is 0 Å². The van der Waals surface area contributed by atoms with Crippen molar-refractivity contribution in [2.45, 2.75) is 29.9 Å². The van der Waals surface area contributed by atoms with Gasteiger partial charge in [-0.3, -0.25) is 9.78 Å². The van der Waals surface area contributed by atoms with Crippen LogP contribution >= 0.6 is 23.1 Å². The molecule has 2 heterocycles. The Morgan fingerprint density at radius 1 is 1.42 bits per heavy atom. The number of pyridine rings is 1. The highest BCUT2D eigenvalue weighted by Crippen LogP contribution is 2.28. The number of nitrogens with one attached hydrogen (secondary N) is 1. The normalized spacial score (nSPS) is 12.1. The predicted octanol–water partition coefficient (Wildman–Crippen LogP) is 2.75. The fourth-order valence-corrected chi connectivity index (χ4v) is 3.41. The Morgan fingerprint density at radius 2 is 2.16 bits per heavy atom. The summed E-state index contributed by atoms with van der Waals surface area (Å²) in [5.74, 6) is -0.0217. The van der Waals surface area contributed by atoms with Gasteiger partial charge in [0, 0.05) is 18.1 Å². The van der Waals surface area contributed by atoms with E-state index in [1.165, 1.54) is 23.1 Å². The van der Waals surface area contributed by atoms with Gasteiger partial charge in [0.05, 0.1) is 5.25 Å². The summed E-state index contributed by atoms with van der Waals surface area (Å²) < 4.78 is 0.828. The molecule has 0 aliphatic heterocycles. The van der Waals surface area contributed by atoms with Crippen molar-refractivity contribution in [3.63, 3.8) is 0 Å². The van der Waals surface area contributed by atoms with Gasteiger partial charge in [-0.2, -0.15) is 0 Å². The fraction of sp³-hybridized carbons (Fsp3) is 0.333.